The normalized spacial score (nSPS) is 26.0. The molecule has 0 unspecified atom stereocenters. The number of carbonyl (C=O) groups excluding carboxylic acids is 1. The Kier molecular flexibility index (Phi) is 4.66. The van der Waals surface area contributed by atoms with Gasteiger partial charge in [-0.2, -0.15) is 0 Å². The molecule has 2 fully saturated rings. The van der Waals surface area contributed by atoms with E-state index in [9.17, 15) is 4.79 Å². The van der Waals surface area contributed by atoms with E-state index in [-0.39, 0.29) is 11.3 Å². The van der Waals surface area contributed by atoms with Gasteiger partial charge in [-0.15, -0.1) is 0 Å². The fourth-order valence-corrected chi connectivity index (χ4v) is 4.44. The minimum absolute atomic E-state index is 0.0952. The van der Waals surface area contributed by atoms with Crippen LogP contribution < -0.4 is 9.47 Å². The first-order valence-corrected chi connectivity index (χ1v) is 9.91. The van der Waals surface area contributed by atoms with Crippen molar-refractivity contribution in [3.05, 3.63) is 35.4 Å². The smallest absolute Gasteiger partial charge is 0.231 e. The molecule has 3 aliphatic rings. The molecule has 1 aromatic carbocycles. The SMILES string of the molecule is CC(C)=C[C@H]1[C@H](C(=O)N2CCN(Cc3ccc4c(c3)OCO4)CC2)C1(C)C. The fourth-order valence-electron chi connectivity index (χ4n) is 4.44. The Morgan fingerprint density at radius 3 is 2.56 bits per heavy atom. The lowest BCUT2D eigenvalue weighted by molar-refractivity contribution is -0.135. The summed E-state index contributed by atoms with van der Waals surface area (Å²) in [6.45, 7) is 13.3. The molecule has 2 atom stereocenters. The quantitative estimate of drug-likeness (QED) is 0.763. The summed E-state index contributed by atoms with van der Waals surface area (Å²) in [7, 11) is 0. The minimum Gasteiger partial charge on any atom is -0.454 e. The molecular formula is C22H30N2O3. The van der Waals surface area contributed by atoms with Gasteiger partial charge in [0, 0.05) is 32.7 Å². The van der Waals surface area contributed by atoms with Gasteiger partial charge in [-0.1, -0.05) is 31.6 Å². The summed E-state index contributed by atoms with van der Waals surface area (Å²) in [5, 5.41) is 0. The number of rotatable bonds is 4. The molecule has 1 aromatic rings. The molecule has 0 spiro atoms. The van der Waals surface area contributed by atoms with Gasteiger partial charge in [0.25, 0.3) is 0 Å². The van der Waals surface area contributed by atoms with Gasteiger partial charge in [0.15, 0.2) is 11.5 Å². The van der Waals surface area contributed by atoms with E-state index in [1.54, 1.807) is 0 Å². The molecule has 2 aliphatic heterocycles. The van der Waals surface area contributed by atoms with E-state index in [0.717, 1.165) is 44.2 Å². The number of allylic oxidation sites excluding steroid dienone is 2. The summed E-state index contributed by atoms with van der Waals surface area (Å²) >= 11 is 0. The largest absolute Gasteiger partial charge is 0.454 e. The Morgan fingerprint density at radius 1 is 1.15 bits per heavy atom. The van der Waals surface area contributed by atoms with Crippen LogP contribution in [0.1, 0.15) is 33.3 Å². The number of fused-ring (bicyclic) bond motifs is 1. The predicted molar refractivity (Wildman–Crippen MR) is 105 cm³/mol. The monoisotopic (exact) mass is 370 g/mol. The highest BCUT2D eigenvalue weighted by molar-refractivity contribution is 5.84. The zero-order valence-electron chi connectivity index (χ0n) is 16.8. The molecule has 0 radical (unpaired) electrons. The van der Waals surface area contributed by atoms with Crippen LogP contribution in [0.15, 0.2) is 29.8 Å². The van der Waals surface area contributed by atoms with Gasteiger partial charge >= 0.3 is 0 Å². The molecule has 0 aromatic heterocycles. The first-order valence-electron chi connectivity index (χ1n) is 9.91. The van der Waals surface area contributed by atoms with Crippen molar-refractivity contribution in [2.45, 2.75) is 34.2 Å². The summed E-state index contributed by atoms with van der Waals surface area (Å²) in [6, 6.07) is 6.15. The van der Waals surface area contributed by atoms with Crippen LogP contribution in [0.4, 0.5) is 0 Å². The van der Waals surface area contributed by atoms with Crippen molar-refractivity contribution in [3.63, 3.8) is 0 Å². The van der Waals surface area contributed by atoms with Crippen molar-refractivity contribution in [2.75, 3.05) is 33.0 Å². The molecule has 27 heavy (non-hydrogen) atoms. The van der Waals surface area contributed by atoms with Gasteiger partial charge in [0.05, 0.1) is 5.92 Å². The zero-order valence-corrected chi connectivity index (χ0v) is 16.8. The third-order valence-electron chi connectivity index (χ3n) is 6.22. The van der Waals surface area contributed by atoms with Crippen LogP contribution in [0.3, 0.4) is 0 Å². The Hall–Kier alpha value is -2.01. The Balaban J connectivity index is 1.31. The van der Waals surface area contributed by atoms with Crippen molar-refractivity contribution in [1.82, 2.24) is 9.80 Å². The highest BCUT2D eigenvalue weighted by atomic mass is 16.7. The van der Waals surface area contributed by atoms with Crippen molar-refractivity contribution in [3.8, 4) is 11.5 Å². The van der Waals surface area contributed by atoms with Crippen molar-refractivity contribution < 1.29 is 14.3 Å². The second-order valence-electron chi connectivity index (χ2n) is 8.86. The molecule has 0 bridgehead atoms. The molecule has 5 heteroatoms. The summed E-state index contributed by atoms with van der Waals surface area (Å²) in [5.41, 5.74) is 2.63. The summed E-state index contributed by atoms with van der Waals surface area (Å²) < 4.78 is 10.8. The number of ether oxygens (including phenoxy) is 2. The number of hydrogen-bond donors (Lipinski definition) is 0. The number of benzene rings is 1. The maximum absolute atomic E-state index is 13.0. The van der Waals surface area contributed by atoms with E-state index in [2.05, 4.69) is 55.7 Å². The third-order valence-corrected chi connectivity index (χ3v) is 6.22. The van der Waals surface area contributed by atoms with Crippen LogP contribution >= 0.6 is 0 Å². The fraction of sp³-hybridized carbons (Fsp3) is 0.591. The van der Waals surface area contributed by atoms with Gasteiger partial charge < -0.3 is 14.4 Å². The first-order chi connectivity index (χ1) is 12.9. The van der Waals surface area contributed by atoms with E-state index in [0.29, 0.717) is 18.6 Å². The van der Waals surface area contributed by atoms with Gasteiger partial charge in [-0.3, -0.25) is 9.69 Å². The molecule has 1 aliphatic carbocycles. The average molecular weight is 370 g/mol. The highest BCUT2D eigenvalue weighted by Gasteiger charge is 2.61. The lowest BCUT2D eigenvalue weighted by Crippen LogP contribution is -2.49. The predicted octanol–water partition coefficient (Wildman–Crippen LogP) is 3.30. The van der Waals surface area contributed by atoms with Crippen LogP contribution in [-0.4, -0.2) is 48.7 Å². The molecule has 1 saturated carbocycles. The van der Waals surface area contributed by atoms with Crippen LogP contribution in [0.5, 0.6) is 11.5 Å². The van der Waals surface area contributed by atoms with E-state index < -0.39 is 0 Å². The standard InChI is InChI=1S/C22H30N2O3/c1-15(2)11-17-20(22(17,3)4)21(25)24-9-7-23(8-10-24)13-16-5-6-18-19(12-16)27-14-26-18/h5-6,11-12,17,20H,7-10,13-14H2,1-4H3/t17-,20+/m0/s1. The van der Waals surface area contributed by atoms with E-state index in [4.69, 9.17) is 9.47 Å². The molecule has 5 nitrogen and oxygen atoms in total. The molecular weight excluding hydrogens is 340 g/mol. The molecule has 4 rings (SSSR count). The summed E-state index contributed by atoms with van der Waals surface area (Å²) in [4.78, 5) is 17.5. The second kappa shape index (κ2) is 6.86. The van der Waals surface area contributed by atoms with E-state index in [1.165, 1.54) is 11.1 Å². The van der Waals surface area contributed by atoms with E-state index >= 15 is 0 Å². The first kappa shape index (κ1) is 18.4. The van der Waals surface area contributed by atoms with Gasteiger partial charge in [-0.05, 0) is 42.9 Å². The van der Waals surface area contributed by atoms with Crippen LogP contribution in [0.25, 0.3) is 0 Å². The van der Waals surface area contributed by atoms with Gasteiger partial charge in [0.1, 0.15) is 0 Å². The number of carbonyl (C=O) groups is 1. The van der Waals surface area contributed by atoms with Crippen molar-refractivity contribution in [2.24, 2.45) is 17.3 Å². The maximum Gasteiger partial charge on any atom is 0.231 e. The topological polar surface area (TPSA) is 42.0 Å². The molecule has 2 heterocycles. The van der Waals surface area contributed by atoms with Gasteiger partial charge in [-0.25, -0.2) is 0 Å². The zero-order chi connectivity index (χ0) is 19.2. The van der Waals surface area contributed by atoms with Gasteiger partial charge in [0.2, 0.25) is 12.7 Å². The van der Waals surface area contributed by atoms with Crippen LogP contribution in [-0.2, 0) is 11.3 Å². The minimum atomic E-state index is 0.0952. The second-order valence-corrected chi connectivity index (χ2v) is 8.86. The maximum atomic E-state index is 13.0. The van der Waals surface area contributed by atoms with Crippen molar-refractivity contribution in [1.29, 1.82) is 0 Å². The van der Waals surface area contributed by atoms with E-state index in [1.807, 2.05) is 6.07 Å². The summed E-state index contributed by atoms with van der Waals surface area (Å²) in [6.07, 6.45) is 2.28. The third kappa shape index (κ3) is 3.57. The number of hydrogen-bond acceptors (Lipinski definition) is 4. The molecule has 0 N–H and O–H groups in total. The molecule has 1 saturated heterocycles. The molecule has 146 valence electrons. The number of piperazine rings is 1. The lowest BCUT2D eigenvalue weighted by atomic mass is 10.1. The lowest BCUT2D eigenvalue weighted by Gasteiger charge is -2.35. The highest BCUT2D eigenvalue weighted by Crippen LogP contribution is 2.60. The van der Waals surface area contributed by atoms with Crippen LogP contribution in [0, 0.1) is 17.3 Å². The number of nitrogens with zero attached hydrogens (tertiary/aromatic N) is 2. The summed E-state index contributed by atoms with van der Waals surface area (Å²) in [5.74, 6) is 2.54. The van der Waals surface area contributed by atoms with Crippen LogP contribution in [0.2, 0.25) is 0 Å². The Morgan fingerprint density at radius 2 is 1.85 bits per heavy atom. The number of amides is 1. The molecule has 1 amide bonds. The average Bonchev–Trinajstić information content (AvgIpc) is 2.96. The Bertz CT molecular complexity index is 759. The Labute approximate surface area is 161 Å². The van der Waals surface area contributed by atoms with Crippen molar-refractivity contribution >= 4 is 5.91 Å².